The molecule has 0 unspecified atom stereocenters. The number of hydrogen-bond donors (Lipinski definition) is 1. The molecule has 1 aliphatic heterocycles. The molecule has 0 saturated carbocycles. The van der Waals surface area contributed by atoms with Crippen molar-refractivity contribution < 1.29 is 9.59 Å². The van der Waals surface area contributed by atoms with E-state index in [2.05, 4.69) is 10.3 Å². The maximum absolute atomic E-state index is 12.1. The number of rotatable bonds is 4. The third-order valence-electron chi connectivity index (χ3n) is 3.71. The van der Waals surface area contributed by atoms with E-state index in [0.717, 1.165) is 12.1 Å². The number of carbonyl (C=O) groups excluding carboxylic acids is 2. The largest absolute Gasteiger partial charge is 0.349 e. The van der Waals surface area contributed by atoms with Gasteiger partial charge in [-0.05, 0) is 30.2 Å². The lowest BCUT2D eigenvalue weighted by molar-refractivity contribution is -0.118. The Morgan fingerprint density at radius 2 is 1.95 bits per heavy atom. The third kappa shape index (κ3) is 2.98. The van der Waals surface area contributed by atoms with E-state index in [1.165, 1.54) is 5.56 Å². The molecule has 1 aromatic heterocycles. The van der Waals surface area contributed by atoms with Crippen LogP contribution in [0.25, 0.3) is 0 Å². The maximum Gasteiger partial charge on any atom is 0.269 e. The zero-order chi connectivity index (χ0) is 15.4. The van der Waals surface area contributed by atoms with Gasteiger partial charge in [-0.15, -0.1) is 0 Å². The van der Waals surface area contributed by atoms with E-state index < -0.39 is 0 Å². The molecule has 2 heterocycles. The van der Waals surface area contributed by atoms with Gasteiger partial charge in [0.15, 0.2) is 0 Å². The first-order valence-corrected chi connectivity index (χ1v) is 7.33. The van der Waals surface area contributed by atoms with Crippen LogP contribution in [0.3, 0.4) is 0 Å². The number of nitrogens with zero attached hydrogens (tertiary/aromatic N) is 2. The van der Waals surface area contributed by atoms with Crippen LogP contribution in [-0.4, -0.2) is 29.9 Å². The van der Waals surface area contributed by atoms with Crippen molar-refractivity contribution in [1.29, 1.82) is 0 Å². The van der Waals surface area contributed by atoms with Gasteiger partial charge < -0.3 is 10.2 Å². The highest BCUT2D eigenvalue weighted by Gasteiger charge is 2.23. The Morgan fingerprint density at radius 3 is 2.77 bits per heavy atom. The number of para-hydroxylation sites is 1. The Hall–Kier alpha value is -2.69. The summed E-state index contributed by atoms with van der Waals surface area (Å²) >= 11 is 0. The first-order chi connectivity index (χ1) is 10.8. The average molecular weight is 295 g/mol. The van der Waals surface area contributed by atoms with Crippen molar-refractivity contribution in [2.45, 2.75) is 12.8 Å². The molecule has 0 radical (unpaired) electrons. The zero-order valence-electron chi connectivity index (χ0n) is 12.2. The molecule has 5 nitrogen and oxygen atoms in total. The molecule has 1 N–H and O–H groups in total. The molecule has 1 aromatic carbocycles. The van der Waals surface area contributed by atoms with Crippen LogP contribution in [0.2, 0.25) is 0 Å². The molecule has 0 atom stereocenters. The number of nitrogens with one attached hydrogen (secondary N) is 1. The fourth-order valence-corrected chi connectivity index (χ4v) is 2.61. The van der Waals surface area contributed by atoms with Crippen molar-refractivity contribution in [3.05, 3.63) is 59.9 Å². The fourth-order valence-electron chi connectivity index (χ4n) is 2.61. The summed E-state index contributed by atoms with van der Waals surface area (Å²) in [6.07, 6.45) is 2.89. The molecule has 112 valence electrons. The summed E-state index contributed by atoms with van der Waals surface area (Å²) in [6, 6.07) is 13.1. The summed E-state index contributed by atoms with van der Waals surface area (Å²) in [6.45, 7) is 0.865. The predicted octanol–water partition coefficient (Wildman–Crippen LogP) is 1.79. The van der Waals surface area contributed by atoms with E-state index in [1.54, 1.807) is 29.3 Å². The van der Waals surface area contributed by atoms with Crippen molar-refractivity contribution in [1.82, 2.24) is 10.3 Å². The van der Waals surface area contributed by atoms with Crippen LogP contribution in [0, 0.1) is 0 Å². The molecule has 0 saturated heterocycles. The van der Waals surface area contributed by atoms with Gasteiger partial charge in [0, 0.05) is 31.4 Å². The van der Waals surface area contributed by atoms with Crippen LogP contribution in [-0.2, 0) is 11.2 Å². The van der Waals surface area contributed by atoms with Gasteiger partial charge in [-0.2, -0.15) is 0 Å². The summed E-state index contributed by atoms with van der Waals surface area (Å²) in [5, 5.41) is 2.80. The van der Waals surface area contributed by atoms with Crippen molar-refractivity contribution in [3.63, 3.8) is 0 Å². The highest BCUT2D eigenvalue weighted by molar-refractivity contribution is 5.96. The van der Waals surface area contributed by atoms with E-state index in [-0.39, 0.29) is 11.8 Å². The molecule has 0 bridgehead atoms. The lowest BCUT2D eigenvalue weighted by Gasteiger charge is -2.29. The molecule has 0 aliphatic carbocycles. The summed E-state index contributed by atoms with van der Waals surface area (Å²) in [5.41, 5.74) is 2.51. The van der Waals surface area contributed by atoms with E-state index in [0.29, 0.717) is 25.2 Å². The Bertz CT molecular complexity index is 685. The standard InChI is InChI=1S/C17H17N3O2/c21-16-9-8-13-5-1-2-7-15(13)20(16)12-11-19-17(22)14-6-3-4-10-18-14/h1-7,10H,8-9,11-12H2,(H,19,22). The minimum Gasteiger partial charge on any atom is -0.349 e. The molecular weight excluding hydrogens is 278 g/mol. The lowest BCUT2D eigenvalue weighted by Crippen LogP contribution is -2.41. The van der Waals surface area contributed by atoms with Crippen molar-refractivity contribution in [3.8, 4) is 0 Å². The molecule has 0 spiro atoms. The molecule has 22 heavy (non-hydrogen) atoms. The van der Waals surface area contributed by atoms with Crippen LogP contribution in [0.15, 0.2) is 48.7 Å². The number of carbonyl (C=O) groups is 2. The number of aromatic nitrogens is 1. The Kier molecular flexibility index (Phi) is 4.14. The Morgan fingerprint density at radius 1 is 1.14 bits per heavy atom. The second-order valence-electron chi connectivity index (χ2n) is 5.14. The van der Waals surface area contributed by atoms with Gasteiger partial charge in [-0.3, -0.25) is 14.6 Å². The zero-order valence-corrected chi connectivity index (χ0v) is 12.2. The number of hydrogen-bond acceptors (Lipinski definition) is 3. The van der Waals surface area contributed by atoms with Crippen LogP contribution in [0.4, 0.5) is 5.69 Å². The normalized spacial score (nSPS) is 13.6. The van der Waals surface area contributed by atoms with Crippen LogP contribution < -0.4 is 10.2 Å². The second-order valence-corrected chi connectivity index (χ2v) is 5.14. The average Bonchev–Trinajstić information content (AvgIpc) is 2.57. The smallest absolute Gasteiger partial charge is 0.269 e. The van der Waals surface area contributed by atoms with Gasteiger partial charge in [0.05, 0.1) is 0 Å². The van der Waals surface area contributed by atoms with Gasteiger partial charge >= 0.3 is 0 Å². The fraction of sp³-hybridized carbons (Fsp3) is 0.235. The minimum absolute atomic E-state index is 0.103. The van der Waals surface area contributed by atoms with Crippen LogP contribution in [0.1, 0.15) is 22.5 Å². The van der Waals surface area contributed by atoms with E-state index in [1.807, 2.05) is 24.3 Å². The highest BCUT2D eigenvalue weighted by Crippen LogP contribution is 2.26. The summed E-state index contributed by atoms with van der Waals surface area (Å²) in [5.74, 6) is -0.121. The van der Waals surface area contributed by atoms with Gasteiger partial charge in [0.2, 0.25) is 5.91 Å². The third-order valence-corrected chi connectivity index (χ3v) is 3.71. The molecule has 0 fully saturated rings. The molecular formula is C17H17N3O2. The van der Waals surface area contributed by atoms with Gasteiger partial charge in [0.1, 0.15) is 5.69 Å². The number of fused-ring (bicyclic) bond motifs is 1. The van der Waals surface area contributed by atoms with E-state index >= 15 is 0 Å². The van der Waals surface area contributed by atoms with Crippen molar-refractivity contribution in [2.75, 3.05) is 18.0 Å². The van der Waals surface area contributed by atoms with Crippen molar-refractivity contribution in [2.24, 2.45) is 0 Å². The highest BCUT2D eigenvalue weighted by atomic mass is 16.2. The van der Waals surface area contributed by atoms with Crippen LogP contribution in [0.5, 0.6) is 0 Å². The molecule has 2 aromatic rings. The summed E-state index contributed by atoms with van der Waals surface area (Å²) in [7, 11) is 0. The van der Waals surface area contributed by atoms with Gasteiger partial charge in [-0.1, -0.05) is 24.3 Å². The van der Waals surface area contributed by atoms with Gasteiger partial charge in [-0.25, -0.2) is 0 Å². The number of benzene rings is 1. The first-order valence-electron chi connectivity index (χ1n) is 7.33. The topological polar surface area (TPSA) is 62.3 Å². The summed E-state index contributed by atoms with van der Waals surface area (Å²) in [4.78, 5) is 29.8. The quantitative estimate of drug-likeness (QED) is 0.935. The molecule has 3 rings (SSSR count). The number of pyridine rings is 1. The monoisotopic (exact) mass is 295 g/mol. The first kappa shape index (κ1) is 14.3. The van der Waals surface area contributed by atoms with Gasteiger partial charge in [0.25, 0.3) is 5.91 Å². The summed E-state index contributed by atoms with van der Waals surface area (Å²) < 4.78 is 0. The van der Waals surface area contributed by atoms with E-state index in [9.17, 15) is 9.59 Å². The predicted molar refractivity (Wildman–Crippen MR) is 83.7 cm³/mol. The second kappa shape index (κ2) is 6.39. The lowest BCUT2D eigenvalue weighted by atomic mass is 10.0. The molecule has 5 heteroatoms. The number of anilines is 1. The Balaban J connectivity index is 1.62. The van der Waals surface area contributed by atoms with Crippen molar-refractivity contribution >= 4 is 17.5 Å². The number of amides is 2. The van der Waals surface area contributed by atoms with Crippen LogP contribution >= 0.6 is 0 Å². The SMILES string of the molecule is O=C(NCCN1C(=O)CCc2ccccc21)c1ccccn1. The van der Waals surface area contributed by atoms with E-state index in [4.69, 9.17) is 0 Å². The minimum atomic E-state index is -0.224. The Labute approximate surface area is 129 Å². The molecule has 2 amide bonds. The number of aryl methyl sites for hydroxylation is 1. The maximum atomic E-state index is 12.1. The molecule has 1 aliphatic rings.